The van der Waals surface area contributed by atoms with Crippen molar-refractivity contribution in [2.24, 2.45) is 0 Å². The number of anilines is 1. The molecule has 0 aliphatic heterocycles. The molecule has 3 nitrogen and oxygen atoms in total. The first-order valence-corrected chi connectivity index (χ1v) is 6.87. The predicted molar refractivity (Wildman–Crippen MR) is 85.4 cm³/mol. The maximum atomic E-state index is 12.3. The van der Waals surface area contributed by atoms with E-state index in [0.29, 0.717) is 17.7 Å². The number of fused-ring (bicyclic) bond motifs is 1. The summed E-state index contributed by atoms with van der Waals surface area (Å²) in [6.45, 7) is 1.90. The third-order valence-corrected chi connectivity index (χ3v) is 3.59. The van der Waals surface area contributed by atoms with Crippen LogP contribution in [0.25, 0.3) is 10.9 Å². The van der Waals surface area contributed by atoms with Crippen molar-refractivity contribution in [2.75, 3.05) is 5.73 Å². The van der Waals surface area contributed by atoms with Gasteiger partial charge in [-0.2, -0.15) is 0 Å². The van der Waals surface area contributed by atoms with Gasteiger partial charge >= 0.3 is 0 Å². The van der Waals surface area contributed by atoms with Gasteiger partial charge in [-0.15, -0.1) is 0 Å². The molecule has 0 radical (unpaired) electrons. The molecule has 0 amide bonds. The summed E-state index contributed by atoms with van der Waals surface area (Å²) in [6.07, 6.45) is 0.300. The lowest BCUT2D eigenvalue weighted by Gasteiger charge is -2.05. The second kappa shape index (κ2) is 5.37. The van der Waals surface area contributed by atoms with Crippen LogP contribution in [0.2, 0.25) is 0 Å². The van der Waals surface area contributed by atoms with Crippen molar-refractivity contribution in [3.05, 3.63) is 71.4 Å². The van der Waals surface area contributed by atoms with Crippen LogP contribution in [-0.2, 0) is 6.42 Å². The minimum atomic E-state index is 0.0564. The quantitative estimate of drug-likeness (QED) is 0.588. The first-order valence-electron chi connectivity index (χ1n) is 6.87. The van der Waals surface area contributed by atoms with Crippen molar-refractivity contribution in [1.82, 2.24) is 4.98 Å². The molecule has 3 aromatic rings. The second-order valence-corrected chi connectivity index (χ2v) is 5.17. The number of aromatic nitrogens is 1. The minimum absolute atomic E-state index is 0.0564. The van der Waals surface area contributed by atoms with E-state index in [1.807, 2.05) is 49.4 Å². The predicted octanol–water partition coefficient (Wildman–Crippen LogP) is 3.55. The summed E-state index contributed by atoms with van der Waals surface area (Å²) in [4.78, 5) is 16.9. The molecule has 2 aromatic carbocycles. The number of benzene rings is 2. The zero-order valence-electron chi connectivity index (χ0n) is 11.8. The molecule has 0 saturated heterocycles. The van der Waals surface area contributed by atoms with Crippen LogP contribution in [0.1, 0.15) is 21.6 Å². The number of hydrogen-bond donors (Lipinski definition) is 1. The fourth-order valence-corrected chi connectivity index (χ4v) is 2.32. The number of carbonyl (C=O) groups excluding carboxylic acids is 1. The lowest BCUT2D eigenvalue weighted by molar-refractivity contribution is 0.0992. The van der Waals surface area contributed by atoms with Crippen LogP contribution in [0.3, 0.4) is 0 Å². The summed E-state index contributed by atoms with van der Waals surface area (Å²) in [5.41, 5.74) is 9.78. The Kier molecular flexibility index (Phi) is 3.40. The SMILES string of the molecule is Cc1cc(C(=O)Cc2ccc3ccccc3n2)ccc1N. The van der Waals surface area contributed by atoms with E-state index in [2.05, 4.69) is 4.98 Å². The Morgan fingerprint density at radius 3 is 2.71 bits per heavy atom. The maximum absolute atomic E-state index is 12.3. The van der Waals surface area contributed by atoms with Gasteiger partial charge in [0, 0.05) is 22.3 Å². The summed E-state index contributed by atoms with van der Waals surface area (Å²) < 4.78 is 0. The number of rotatable bonds is 3. The van der Waals surface area contributed by atoms with Crippen LogP contribution in [0.5, 0.6) is 0 Å². The van der Waals surface area contributed by atoms with Gasteiger partial charge in [0.05, 0.1) is 11.9 Å². The average molecular weight is 276 g/mol. The summed E-state index contributed by atoms with van der Waals surface area (Å²) in [6, 6.07) is 17.2. The smallest absolute Gasteiger partial charge is 0.168 e. The van der Waals surface area contributed by atoms with Crippen molar-refractivity contribution in [1.29, 1.82) is 0 Å². The Balaban J connectivity index is 1.87. The Bertz CT molecular complexity index is 824. The van der Waals surface area contributed by atoms with Gasteiger partial charge in [0.1, 0.15) is 0 Å². The molecule has 2 N–H and O–H groups in total. The molecule has 1 heterocycles. The largest absolute Gasteiger partial charge is 0.399 e. The van der Waals surface area contributed by atoms with Gasteiger partial charge in [0.15, 0.2) is 5.78 Å². The van der Waals surface area contributed by atoms with Crippen LogP contribution in [0.15, 0.2) is 54.6 Å². The zero-order valence-corrected chi connectivity index (χ0v) is 11.8. The Morgan fingerprint density at radius 1 is 1.10 bits per heavy atom. The van der Waals surface area contributed by atoms with Crippen molar-refractivity contribution in [3.8, 4) is 0 Å². The van der Waals surface area contributed by atoms with Crippen LogP contribution >= 0.6 is 0 Å². The van der Waals surface area contributed by atoms with E-state index >= 15 is 0 Å². The van der Waals surface area contributed by atoms with E-state index in [1.54, 1.807) is 12.1 Å². The first-order chi connectivity index (χ1) is 10.1. The zero-order chi connectivity index (χ0) is 14.8. The summed E-state index contributed by atoms with van der Waals surface area (Å²) in [5.74, 6) is 0.0564. The molecule has 21 heavy (non-hydrogen) atoms. The van der Waals surface area contributed by atoms with Gasteiger partial charge < -0.3 is 5.73 Å². The number of ketones is 1. The van der Waals surface area contributed by atoms with Crippen molar-refractivity contribution in [2.45, 2.75) is 13.3 Å². The van der Waals surface area contributed by atoms with Gasteiger partial charge in [0.2, 0.25) is 0 Å². The van der Waals surface area contributed by atoms with Crippen molar-refractivity contribution >= 4 is 22.4 Å². The van der Waals surface area contributed by atoms with Crippen LogP contribution < -0.4 is 5.73 Å². The fraction of sp³-hybridized carbons (Fsp3) is 0.111. The number of pyridine rings is 1. The molecule has 0 fully saturated rings. The highest BCUT2D eigenvalue weighted by molar-refractivity contribution is 5.98. The first kappa shape index (κ1) is 13.3. The molecule has 3 heteroatoms. The summed E-state index contributed by atoms with van der Waals surface area (Å²) >= 11 is 0. The molecule has 0 saturated carbocycles. The molecular weight excluding hydrogens is 260 g/mol. The fourth-order valence-electron chi connectivity index (χ4n) is 2.32. The van der Waals surface area contributed by atoms with Gasteiger partial charge in [-0.1, -0.05) is 24.3 Å². The normalized spacial score (nSPS) is 10.7. The molecule has 1 aromatic heterocycles. The van der Waals surface area contributed by atoms with Crippen molar-refractivity contribution in [3.63, 3.8) is 0 Å². The number of aryl methyl sites for hydroxylation is 1. The highest BCUT2D eigenvalue weighted by atomic mass is 16.1. The summed E-state index contributed by atoms with van der Waals surface area (Å²) in [7, 11) is 0. The molecule has 0 atom stereocenters. The van der Waals surface area contributed by atoms with Crippen LogP contribution in [-0.4, -0.2) is 10.8 Å². The number of nitrogens with zero attached hydrogens (tertiary/aromatic N) is 1. The molecule has 0 aliphatic rings. The third-order valence-electron chi connectivity index (χ3n) is 3.59. The van der Waals surface area contributed by atoms with E-state index in [9.17, 15) is 4.79 Å². The van der Waals surface area contributed by atoms with Gasteiger partial charge in [-0.25, -0.2) is 0 Å². The van der Waals surface area contributed by atoms with Gasteiger partial charge in [-0.05, 0) is 42.8 Å². The number of nitrogen functional groups attached to an aromatic ring is 1. The maximum Gasteiger partial charge on any atom is 0.168 e. The standard InChI is InChI=1S/C18H16N2O/c1-12-10-14(7-9-16(12)19)18(21)11-15-8-6-13-4-2-3-5-17(13)20-15/h2-10H,11,19H2,1H3. The topological polar surface area (TPSA) is 56.0 Å². The molecule has 0 unspecified atom stereocenters. The lowest BCUT2D eigenvalue weighted by atomic mass is 10.0. The number of para-hydroxylation sites is 1. The lowest BCUT2D eigenvalue weighted by Crippen LogP contribution is -2.06. The molecule has 104 valence electrons. The van der Waals surface area contributed by atoms with E-state index < -0.39 is 0 Å². The number of Topliss-reactive ketones (excluding diaryl/α,β-unsaturated/α-hetero) is 1. The molecule has 0 aliphatic carbocycles. The Morgan fingerprint density at radius 2 is 1.90 bits per heavy atom. The Labute approximate surface area is 123 Å². The summed E-state index contributed by atoms with van der Waals surface area (Å²) in [5, 5.41) is 1.08. The van der Waals surface area contributed by atoms with Gasteiger partial charge in [-0.3, -0.25) is 9.78 Å². The van der Waals surface area contributed by atoms with Crippen LogP contribution in [0.4, 0.5) is 5.69 Å². The van der Waals surface area contributed by atoms with E-state index in [4.69, 9.17) is 5.73 Å². The molecule has 0 bridgehead atoms. The number of hydrogen-bond acceptors (Lipinski definition) is 3. The molecular formula is C18H16N2O. The average Bonchev–Trinajstić information content (AvgIpc) is 2.50. The minimum Gasteiger partial charge on any atom is -0.399 e. The van der Waals surface area contributed by atoms with E-state index in [1.165, 1.54) is 0 Å². The molecule has 3 rings (SSSR count). The van der Waals surface area contributed by atoms with E-state index in [0.717, 1.165) is 22.2 Å². The monoisotopic (exact) mass is 276 g/mol. The third kappa shape index (κ3) is 2.77. The second-order valence-electron chi connectivity index (χ2n) is 5.17. The Hall–Kier alpha value is -2.68. The van der Waals surface area contributed by atoms with E-state index in [-0.39, 0.29) is 5.78 Å². The molecule has 0 spiro atoms. The number of nitrogens with two attached hydrogens (primary N) is 1. The number of carbonyl (C=O) groups is 1. The van der Waals surface area contributed by atoms with Crippen LogP contribution in [0, 0.1) is 6.92 Å². The highest BCUT2D eigenvalue weighted by Gasteiger charge is 2.09. The van der Waals surface area contributed by atoms with Crippen molar-refractivity contribution < 1.29 is 4.79 Å². The highest BCUT2D eigenvalue weighted by Crippen LogP contribution is 2.16. The van der Waals surface area contributed by atoms with Gasteiger partial charge in [0.25, 0.3) is 0 Å².